The standard InChI is InChI=1S/C19H30O/c1-5-8-15-19(14-7-3,16-9-6-2)17-10-12-18(20-4)13-11-17/h7,10-13H,3,5-6,8-9,14-16H2,1-2,4H3. The molecule has 0 radical (unpaired) electrons. The van der Waals surface area contributed by atoms with Gasteiger partial charge in [-0.3, -0.25) is 0 Å². The Balaban J connectivity index is 3.05. The molecule has 0 saturated carbocycles. The van der Waals surface area contributed by atoms with Crippen LogP contribution in [0.2, 0.25) is 0 Å². The van der Waals surface area contributed by atoms with Gasteiger partial charge in [-0.15, -0.1) is 6.58 Å². The number of benzene rings is 1. The van der Waals surface area contributed by atoms with Crippen LogP contribution in [0, 0.1) is 0 Å². The van der Waals surface area contributed by atoms with Crippen molar-refractivity contribution >= 4 is 0 Å². The molecule has 0 aliphatic carbocycles. The van der Waals surface area contributed by atoms with Crippen molar-refractivity contribution in [3.63, 3.8) is 0 Å². The van der Waals surface area contributed by atoms with Gasteiger partial charge >= 0.3 is 0 Å². The summed E-state index contributed by atoms with van der Waals surface area (Å²) in [6, 6.07) is 8.66. The molecule has 112 valence electrons. The Morgan fingerprint density at radius 1 is 1.05 bits per heavy atom. The van der Waals surface area contributed by atoms with E-state index in [0.29, 0.717) is 0 Å². The number of hydrogen-bond acceptors (Lipinski definition) is 1. The molecule has 1 nitrogen and oxygen atoms in total. The lowest BCUT2D eigenvalue weighted by Crippen LogP contribution is -2.25. The maximum Gasteiger partial charge on any atom is 0.118 e. The van der Waals surface area contributed by atoms with Crippen LogP contribution < -0.4 is 4.74 Å². The summed E-state index contributed by atoms with van der Waals surface area (Å²) in [6.07, 6.45) is 10.7. The normalized spacial score (nSPS) is 11.3. The van der Waals surface area contributed by atoms with Crippen LogP contribution in [0.1, 0.15) is 64.4 Å². The molecule has 1 aromatic rings. The Morgan fingerprint density at radius 3 is 2.00 bits per heavy atom. The number of unbranched alkanes of at least 4 members (excludes halogenated alkanes) is 2. The zero-order valence-corrected chi connectivity index (χ0v) is 13.5. The molecule has 0 N–H and O–H groups in total. The molecule has 1 rings (SSSR count). The van der Waals surface area contributed by atoms with Crippen molar-refractivity contribution in [3.05, 3.63) is 42.5 Å². The van der Waals surface area contributed by atoms with E-state index >= 15 is 0 Å². The Bertz CT molecular complexity index is 369. The average Bonchev–Trinajstić information content (AvgIpc) is 2.50. The first-order valence-electron chi connectivity index (χ1n) is 7.98. The molecule has 0 unspecified atom stereocenters. The van der Waals surface area contributed by atoms with Crippen LogP contribution in [0.25, 0.3) is 0 Å². The van der Waals surface area contributed by atoms with Crippen molar-refractivity contribution in [2.75, 3.05) is 7.11 Å². The van der Waals surface area contributed by atoms with Gasteiger partial charge in [-0.05, 0) is 42.4 Å². The largest absolute Gasteiger partial charge is 0.497 e. The van der Waals surface area contributed by atoms with Crippen LogP contribution >= 0.6 is 0 Å². The Labute approximate surface area is 125 Å². The van der Waals surface area contributed by atoms with Crippen LogP contribution in [0.3, 0.4) is 0 Å². The van der Waals surface area contributed by atoms with Gasteiger partial charge in [-0.2, -0.15) is 0 Å². The smallest absolute Gasteiger partial charge is 0.118 e. The lowest BCUT2D eigenvalue weighted by Gasteiger charge is -2.34. The Hall–Kier alpha value is -1.24. The summed E-state index contributed by atoms with van der Waals surface area (Å²) in [4.78, 5) is 0. The first kappa shape index (κ1) is 16.8. The molecule has 0 atom stereocenters. The predicted molar refractivity (Wildman–Crippen MR) is 88.5 cm³/mol. The van der Waals surface area contributed by atoms with Crippen LogP contribution in [0.5, 0.6) is 5.75 Å². The van der Waals surface area contributed by atoms with E-state index in [9.17, 15) is 0 Å². The highest BCUT2D eigenvalue weighted by Gasteiger charge is 2.29. The number of methoxy groups -OCH3 is 1. The zero-order valence-electron chi connectivity index (χ0n) is 13.5. The molecule has 0 aromatic heterocycles. The van der Waals surface area contributed by atoms with E-state index < -0.39 is 0 Å². The summed E-state index contributed by atoms with van der Waals surface area (Å²) < 4.78 is 5.28. The first-order chi connectivity index (χ1) is 9.72. The van der Waals surface area contributed by atoms with Crippen molar-refractivity contribution < 1.29 is 4.74 Å². The minimum atomic E-state index is 0.264. The van der Waals surface area contributed by atoms with Gasteiger partial charge in [0.25, 0.3) is 0 Å². The predicted octanol–water partition coefficient (Wildman–Crippen LogP) is 5.89. The van der Waals surface area contributed by atoms with Gasteiger partial charge in [0.1, 0.15) is 5.75 Å². The van der Waals surface area contributed by atoms with Crippen molar-refractivity contribution in [1.82, 2.24) is 0 Å². The van der Waals surface area contributed by atoms with E-state index in [1.54, 1.807) is 7.11 Å². The van der Waals surface area contributed by atoms with E-state index in [2.05, 4.69) is 50.8 Å². The Morgan fingerprint density at radius 2 is 1.60 bits per heavy atom. The molecule has 0 spiro atoms. The third kappa shape index (κ3) is 4.40. The van der Waals surface area contributed by atoms with Crippen molar-refractivity contribution in [3.8, 4) is 5.75 Å². The highest BCUT2D eigenvalue weighted by molar-refractivity contribution is 5.33. The summed E-state index contributed by atoms with van der Waals surface area (Å²) in [5, 5.41) is 0. The van der Waals surface area contributed by atoms with Gasteiger partial charge in [0.15, 0.2) is 0 Å². The maximum atomic E-state index is 5.28. The fourth-order valence-corrected chi connectivity index (χ4v) is 2.99. The van der Waals surface area contributed by atoms with Gasteiger partial charge in [0.05, 0.1) is 7.11 Å². The lowest BCUT2D eigenvalue weighted by molar-refractivity contribution is 0.343. The van der Waals surface area contributed by atoms with E-state index in [1.807, 2.05) is 0 Å². The van der Waals surface area contributed by atoms with Crippen molar-refractivity contribution in [1.29, 1.82) is 0 Å². The second-order valence-corrected chi connectivity index (χ2v) is 5.71. The maximum absolute atomic E-state index is 5.28. The van der Waals surface area contributed by atoms with Gasteiger partial charge in [-0.25, -0.2) is 0 Å². The monoisotopic (exact) mass is 274 g/mol. The summed E-state index contributed by atoms with van der Waals surface area (Å²) in [7, 11) is 1.72. The quantitative estimate of drug-likeness (QED) is 0.483. The fraction of sp³-hybridized carbons (Fsp3) is 0.579. The summed E-state index contributed by atoms with van der Waals surface area (Å²) in [6.45, 7) is 8.54. The average molecular weight is 274 g/mol. The molecule has 0 saturated heterocycles. The molecule has 0 amide bonds. The van der Waals surface area contributed by atoms with Crippen LogP contribution in [0.4, 0.5) is 0 Å². The molecule has 0 aliphatic rings. The second-order valence-electron chi connectivity index (χ2n) is 5.71. The number of rotatable bonds is 10. The highest BCUT2D eigenvalue weighted by Crippen LogP contribution is 2.39. The molecule has 1 aromatic carbocycles. The van der Waals surface area contributed by atoms with Crippen LogP contribution in [-0.4, -0.2) is 7.11 Å². The summed E-state index contributed by atoms with van der Waals surface area (Å²) in [5.41, 5.74) is 1.71. The lowest BCUT2D eigenvalue weighted by atomic mass is 9.70. The molecular formula is C19H30O. The van der Waals surface area contributed by atoms with E-state index in [-0.39, 0.29) is 5.41 Å². The minimum absolute atomic E-state index is 0.264. The zero-order chi connectivity index (χ0) is 14.8. The number of allylic oxidation sites excluding steroid dienone is 1. The third-order valence-corrected chi connectivity index (χ3v) is 4.26. The fourth-order valence-electron chi connectivity index (χ4n) is 2.99. The molecular weight excluding hydrogens is 244 g/mol. The van der Waals surface area contributed by atoms with Crippen LogP contribution in [0.15, 0.2) is 36.9 Å². The topological polar surface area (TPSA) is 9.23 Å². The van der Waals surface area contributed by atoms with Gasteiger partial charge in [0.2, 0.25) is 0 Å². The minimum Gasteiger partial charge on any atom is -0.497 e. The number of hydrogen-bond donors (Lipinski definition) is 0. The number of ether oxygens (including phenoxy) is 1. The van der Waals surface area contributed by atoms with E-state index in [4.69, 9.17) is 4.74 Å². The molecule has 0 fully saturated rings. The summed E-state index contributed by atoms with van der Waals surface area (Å²) in [5.74, 6) is 0.937. The Kier molecular flexibility index (Phi) is 7.43. The molecule has 0 aliphatic heterocycles. The summed E-state index contributed by atoms with van der Waals surface area (Å²) >= 11 is 0. The third-order valence-electron chi connectivity index (χ3n) is 4.26. The molecule has 0 heterocycles. The van der Waals surface area contributed by atoms with E-state index in [1.165, 1.54) is 44.1 Å². The van der Waals surface area contributed by atoms with Crippen molar-refractivity contribution in [2.24, 2.45) is 0 Å². The molecule has 20 heavy (non-hydrogen) atoms. The second kappa shape index (κ2) is 8.84. The first-order valence-corrected chi connectivity index (χ1v) is 7.98. The van der Waals surface area contributed by atoms with Crippen molar-refractivity contribution in [2.45, 2.75) is 64.2 Å². The van der Waals surface area contributed by atoms with Gasteiger partial charge < -0.3 is 4.74 Å². The van der Waals surface area contributed by atoms with E-state index in [0.717, 1.165) is 12.2 Å². The van der Waals surface area contributed by atoms with Crippen LogP contribution in [-0.2, 0) is 5.41 Å². The SMILES string of the molecule is C=CCC(CCCC)(CCCC)c1ccc(OC)cc1. The molecule has 1 heteroatoms. The van der Waals surface area contributed by atoms with Gasteiger partial charge in [-0.1, -0.05) is 57.7 Å². The molecule has 0 bridgehead atoms. The highest BCUT2D eigenvalue weighted by atomic mass is 16.5. The van der Waals surface area contributed by atoms with Gasteiger partial charge in [0, 0.05) is 0 Å².